The number of carbonyl (C=O) groups excluding carboxylic acids is 2. The number of aromatic nitrogens is 2. The minimum Gasteiger partial charge on any atom is -0.462 e. The fourth-order valence-electron chi connectivity index (χ4n) is 2.66. The van der Waals surface area contributed by atoms with Crippen molar-refractivity contribution in [3.63, 3.8) is 0 Å². The molecule has 1 aromatic carbocycles. The van der Waals surface area contributed by atoms with Crippen molar-refractivity contribution < 1.29 is 19.1 Å². The second-order valence-corrected chi connectivity index (χ2v) is 6.06. The molecule has 8 nitrogen and oxygen atoms in total. The van der Waals surface area contributed by atoms with Crippen LogP contribution < -0.4 is 10.6 Å². The Hall–Kier alpha value is -3.00. The van der Waals surface area contributed by atoms with Crippen LogP contribution in [-0.2, 0) is 9.47 Å². The second kappa shape index (κ2) is 9.09. The van der Waals surface area contributed by atoms with Gasteiger partial charge in [-0.1, -0.05) is 0 Å². The van der Waals surface area contributed by atoms with Crippen LogP contribution in [-0.4, -0.2) is 47.7 Å². The minimum atomic E-state index is -0.362. The van der Waals surface area contributed by atoms with Gasteiger partial charge in [-0.05, 0) is 44.0 Å². The second-order valence-electron chi connectivity index (χ2n) is 6.06. The van der Waals surface area contributed by atoms with Crippen LogP contribution in [0, 0.1) is 0 Å². The van der Waals surface area contributed by atoms with Gasteiger partial charge in [-0.15, -0.1) is 0 Å². The number of esters is 1. The normalized spacial score (nSPS) is 16.0. The number of nitrogens with zero attached hydrogens (tertiary/aromatic N) is 2. The summed E-state index contributed by atoms with van der Waals surface area (Å²) in [6.45, 7) is 3.34. The summed E-state index contributed by atoms with van der Waals surface area (Å²) in [5.74, 6) is -0.232. The van der Waals surface area contributed by atoms with Gasteiger partial charge in [-0.25, -0.2) is 14.8 Å². The summed E-state index contributed by atoms with van der Waals surface area (Å²) >= 11 is 0. The van der Waals surface area contributed by atoms with Crippen molar-refractivity contribution in [2.24, 2.45) is 0 Å². The maximum atomic E-state index is 12.1. The van der Waals surface area contributed by atoms with E-state index in [0.29, 0.717) is 30.2 Å². The van der Waals surface area contributed by atoms with Crippen LogP contribution in [0.15, 0.2) is 36.7 Å². The lowest BCUT2D eigenvalue weighted by Crippen LogP contribution is -2.31. The highest BCUT2D eigenvalue weighted by Gasteiger charge is 2.17. The van der Waals surface area contributed by atoms with Crippen LogP contribution in [0.2, 0.25) is 0 Å². The Bertz CT molecular complexity index is 771. The molecule has 142 valence electrons. The Kier molecular flexibility index (Phi) is 6.32. The largest absolute Gasteiger partial charge is 0.462 e. The highest BCUT2D eigenvalue weighted by atomic mass is 16.5. The zero-order valence-corrected chi connectivity index (χ0v) is 15.1. The Morgan fingerprint density at radius 1 is 1.19 bits per heavy atom. The number of amides is 1. The van der Waals surface area contributed by atoms with E-state index < -0.39 is 0 Å². The van der Waals surface area contributed by atoms with Gasteiger partial charge in [0.1, 0.15) is 0 Å². The van der Waals surface area contributed by atoms with E-state index in [0.717, 1.165) is 25.1 Å². The number of benzene rings is 1. The first-order valence-corrected chi connectivity index (χ1v) is 8.91. The third kappa shape index (κ3) is 5.24. The van der Waals surface area contributed by atoms with Gasteiger partial charge in [0.15, 0.2) is 0 Å². The maximum absolute atomic E-state index is 12.1. The van der Waals surface area contributed by atoms with Gasteiger partial charge >= 0.3 is 5.97 Å². The van der Waals surface area contributed by atoms with Gasteiger partial charge in [0, 0.05) is 31.2 Å². The van der Waals surface area contributed by atoms with Crippen LogP contribution in [0.1, 0.15) is 40.5 Å². The lowest BCUT2D eigenvalue weighted by atomic mass is 10.2. The van der Waals surface area contributed by atoms with E-state index in [1.54, 1.807) is 31.2 Å². The summed E-state index contributed by atoms with van der Waals surface area (Å²) in [4.78, 5) is 32.1. The van der Waals surface area contributed by atoms with Crippen LogP contribution in [0.4, 0.5) is 11.6 Å². The molecule has 0 spiro atoms. The highest BCUT2D eigenvalue weighted by molar-refractivity contribution is 5.93. The molecule has 0 bridgehead atoms. The molecule has 2 N–H and O–H groups in total. The minimum absolute atomic E-state index is 0.0911. The number of ether oxygens (including phenoxy) is 2. The van der Waals surface area contributed by atoms with E-state index in [4.69, 9.17) is 9.47 Å². The molecule has 1 amide bonds. The molecule has 0 radical (unpaired) electrons. The Balaban J connectivity index is 1.53. The van der Waals surface area contributed by atoms with E-state index in [9.17, 15) is 9.59 Å². The quantitative estimate of drug-likeness (QED) is 0.721. The highest BCUT2D eigenvalue weighted by Crippen LogP contribution is 2.15. The molecular weight excluding hydrogens is 348 g/mol. The summed E-state index contributed by atoms with van der Waals surface area (Å²) in [5, 5.41) is 5.85. The molecule has 2 aromatic rings. The molecule has 0 aliphatic carbocycles. The zero-order valence-electron chi connectivity index (χ0n) is 15.1. The molecule has 1 aliphatic heterocycles. The fourth-order valence-corrected chi connectivity index (χ4v) is 2.66. The molecule has 3 rings (SSSR count). The zero-order chi connectivity index (χ0) is 19.1. The van der Waals surface area contributed by atoms with Gasteiger partial charge in [0.05, 0.1) is 23.8 Å². The monoisotopic (exact) mass is 370 g/mol. The van der Waals surface area contributed by atoms with Crippen LogP contribution in [0.25, 0.3) is 0 Å². The van der Waals surface area contributed by atoms with Gasteiger partial charge in [-0.2, -0.15) is 0 Å². The number of anilines is 2. The predicted molar refractivity (Wildman–Crippen MR) is 99.0 cm³/mol. The molecule has 1 saturated heterocycles. The molecule has 1 aliphatic rings. The summed E-state index contributed by atoms with van der Waals surface area (Å²) in [7, 11) is 0. The van der Waals surface area contributed by atoms with Gasteiger partial charge in [0.25, 0.3) is 5.91 Å². The van der Waals surface area contributed by atoms with Crippen molar-refractivity contribution in [3.8, 4) is 0 Å². The van der Waals surface area contributed by atoms with Crippen LogP contribution in [0.3, 0.4) is 0 Å². The van der Waals surface area contributed by atoms with Gasteiger partial charge < -0.3 is 20.1 Å². The van der Waals surface area contributed by atoms with Crippen molar-refractivity contribution in [3.05, 3.63) is 47.8 Å². The molecule has 1 atom stereocenters. The van der Waals surface area contributed by atoms with Crippen molar-refractivity contribution >= 4 is 23.5 Å². The molecular formula is C19H22N4O4. The van der Waals surface area contributed by atoms with Crippen molar-refractivity contribution in [2.75, 3.05) is 25.1 Å². The van der Waals surface area contributed by atoms with Crippen molar-refractivity contribution in [1.29, 1.82) is 0 Å². The summed E-state index contributed by atoms with van der Waals surface area (Å²) in [6.07, 6.45) is 5.02. The SMILES string of the molecule is CCOC(=O)c1ccc(Nc2ncc(C(=O)NCC3CCCO3)cn2)cc1. The molecule has 27 heavy (non-hydrogen) atoms. The number of rotatable bonds is 7. The third-order valence-electron chi connectivity index (χ3n) is 4.08. The number of carbonyl (C=O) groups is 2. The summed E-state index contributed by atoms with van der Waals surface area (Å²) in [6, 6.07) is 6.79. The lowest BCUT2D eigenvalue weighted by Gasteiger charge is -2.10. The Morgan fingerprint density at radius 2 is 1.93 bits per heavy atom. The summed E-state index contributed by atoms with van der Waals surface area (Å²) in [5.41, 5.74) is 1.58. The van der Waals surface area contributed by atoms with E-state index in [1.807, 2.05) is 0 Å². The first kappa shape index (κ1) is 18.8. The fraction of sp³-hybridized carbons (Fsp3) is 0.368. The molecule has 1 unspecified atom stereocenters. The van der Waals surface area contributed by atoms with Crippen LogP contribution >= 0.6 is 0 Å². The van der Waals surface area contributed by atoms with Gasteiger partial charge in [0.2, 0.25) is 5.95 Å². The number of hydrogen-bond acceptors (Lipinski definition) is 7. The smallest absolute Gasteiger partial charge is 0.338 e. The van der Waals surface area contributed by atoms with E-state index >= 15 is 0 Å². The first-order valence-electron chi connectivity index (χ1n) is 8.91. The molecule has 1 fully saturated rings. The number of hydrogen-bond donors (Lipinski definition) is 2. The summed E-state index contributed by atoms with van der Waals surface area (Å²) < 4.78 is 10.4. The molecule has 1 aromatic heterocycles. The first-order chi connectivity index (χ1) is 13.2. The average molecular weight is 370 g/mol. The van der Waals surface area contributed by atoms with Crippen molar-refractivity contribution in [1.82, 2.24) is 15.3 Å². The van der Waals surface area contributed by atoms with E-state index in [2.05, 4.69) is 20.6 Å². The van der Waals surface area contributed by atoms with Gasteiger partial charge in [-0.3, -0.25) is 4.79 Å². The predicted octanol–water partition coefficient (Wildman–Crippen LogP) is 2.31. The topological polar surface area (TPSA) is 102 Å². The molecule has 0 saturated carbocycles. The lowest BCUT2D eigenvalue weighted by molar-refractivity contribution is 0.0526. The van der Waals surface area contributed by atoms with E-state index in [-0.39, 0.29) is 18.0 Å². The Labute approximate surface area is 157 Å². The standard InChI is InChI=1S/C19H22N4O4/c1-2-26-18(25)13-5-7-15(8-6-13)23-19-21-10-14(11-22-19)17(24)20-12-16-4-3-9-27-16/h5-8,10-11,16H,2-4,9,12H2,1H3,(H,20,24)(H,21,22,23). The van der Waals surface area contributed by atoms with Crippen LogP contribution in [0.5, 0.6) is 0 Å². The van der Waals surface area contributed by atoms with Crippen molar-refractivity contribution in [2.45, 2.75) is 25.9 Å². The number of nitrogens with one attached hydrogen (secondary N) is 2. The average Bonchev–Trinajstić information content (AvgIpc) is 3.21. The third-order valence-corrected chi connectivity index (χ3v) is 4.08. The van der Waals surface area contributed by atoms with E-state index in [1.165, 1.54) is 12.4 Å². The molecule has 2 heterocycles. The molecule has 8 heteroatoms. The maximum Gasteiger partial charge on any atom is 0.338 e. The Morgan fingerprint density at radius 3 is 2.56 bits per heavy atom.